The lowest BCUT2D eigenvalue weighted by molar-refractivity contribution is -0.277. The molecule has 1 fully saturated rings. The Labute approximate surface area is 193 Å². The third kappa shape index (κ3) is 5.84. The maximum absolute atomic E-state index is 10.3. The predicted molar refractivity (Wildman–Crippen MR) is 119 cm³/mol. The minimum atomic E-state index is -1.53. The van der Waals surface area contributed by atoms with Gasteiger partial charge in [0.1, 0.15) is 30.2 Å². The molecule has 5 rings (SSSR count). The highest BCUT2D eigenvalue weighted by Gasteiger charge is 2.45. The molecule has 0 aliphatic carbocycles. The summed E-state index contributed by atoms with van der Waals surface area (Å²) in [5.74, 6) is 1.32. The van der Waals surface area contributed by atoms with Gasteiger partial charge in [-0.25, -0.2) is 0 Å². The highest BCUT2D eigenvalue weighted by atomic mass is 16.7. The highest BCUT2D eigenvalue weighted by Crippen LogP contribution is 2.36. The van der Waals surface area contributed by atoms with Crippen LogP contribution in [0.5, 0.6) is 17.2 Å². The molecule has 8 heteroatoms. The second-order valence-electron chi connectivity index (χ2n) is 8.78. The molecule has 8 nitrogen and oxygen atoms in total. The summed E-state index contributed by atoms with van der Waals surface area (Å²) < 4.78 is 17.4. The van der Waals surface area contributed by atoms with Crippen molar-refractivity contribution in [1.82, 2.24) is 0 Å². The Kier molecular flexibility index (Phi) is 7.85. The van der Waals surface area contributed by atoms with Crippen LogP contribution in [0.2, 0.25) is 0 Å². The van der Waals surface area contributed by atoms with Crippen LogP contribution in [0.25, 0.3) is 0 Å². The second-order valence-corrected chi connectivity index (χ2v) is 8.78. The maximum atomic E-state index is 10.3. The number of rotatable bonds is 3. The summed E-state index contributed by atoms with van der Waals surface area (Å²) in [5, 5.41) is 50.1. The fraction of sp³-hybridized carbons (Fsp3) is 0.520. The number of fused-ring (bicyclic) bond motifs is 8. The Morgan fingerprint density at radius 1 is 0.818 bits per heavy atom. The molecule has 6 atom stereocenters. The average Bonchev–Trinajstić information content (AvgIpc) is 2.83. The van der Waals surface area contributed by atoms with E-state index in [0.717, 1.165) is 49.7 Å². The van der Waals surface area contributed by atoms with Crippen molar-refractivity contribution in [2.45, 2.75) is 75.3 Å². The van der Waals surface area contributed by atoms with E-state index in [0.29, 0.717) is 17.2 Å². The van der Waals surface area contributed by atoms with Crippen molar-refractivity contribution in [3.63, 3.8) is 0 Å². The van der Waals surface area contributed by atoms with Crippen LogP contribution in [0.15, 0.2) is 42.5 Å². The second kappa shape index (κ2) is 10.8. The summed E-state index contributed by atoms with van der Waals surface area (Å²) in [5.41, 5.74) is 2.15. The summed E-state index contributed by atoms with van der Waals surface area (Å²) in [6.07, 6.45) is -2.23. The summed E-state index contributed by atoms with van der Waals surface area (Å²) in [6, 6.07) is 13.1. The predicted octanol–water partition coefficient (Wildman–Crippen LogP) is 1.68. The van der Waals surface area contributed by atoms with Gasteiger partial charge in [-0.3, -0.25) is 0 Å². The van der Waals surface area contributed by atoms with Gasteiger partial charge in [0.15, 0.2) is 11.5 Å². The first-order chi connectivity index (χ1) is 15.9. The van der Waals surface area contributed by atoms with Gasteiger partial charge in [-0.05, 0) is 67.5 Å². The van der Waals surface area contributed by atoms with Crippen LogP contribution in [0.4, 0.5) is 0 Å². The minimum absolute atomic E-state index is 0.298. The van der Waals surface area contributed by atoms with Crippen molar-refractivity contribution in [2.24, 2.45) is 0 Å². The van der Waals surface area contributed by atoms with Gasteiger partial charge in [-0.1, -0.05) is 24.6 Å². The van der Waals surface area contributed by atoms with Gasteiger partial charge in [0.2, 0.25) is 6.29 Å². The van der Waals surface area contributed by atoms with Gasteiger partial charge in [0, 0.05) is 0 Å². The van der Waals surface area contributed by atoms with Crippen LogP contribution < -0.4 is 9.47 Å². The topological polar surface area (TPSA) is 129 Å². The molecule has 3 aliphatic rings. The van der Waals surface area contributed by atoms with Crippen molar-refractivity contribution in [3.05, 3.63) is 53.6 Å². The van der Waals surface area contributed by atoms with E-state index in [1.54, 1.807) is 6.07 Å². The van der Waals surface area contributed by atoms with E-state index in [2.05, 4.69) is 0 Å². The zero-order valence-electron chi connectivity index (χ0n) is 18.4. The molecular formula is C25H32O8. The molecule has 0 aromatic heterocycles. The first-order valence-corrected chi connectivity index (χ1v) is 11.5. The van der Waals surface area contributed by atoms with Crippen molar-refractivity contribution in [1.29, 1.82) is 0 Å². The molecular weight excluding hydrogens is 428 g/mol. The molecule has 3 heterocycles. The number of aliphatic hydroxyl groups excluding tert-OH is 5. The van der Waals surface area contributed by atoms with Crippen LogP contribution in [0.1, 0.15) is 36.8 Å². The van der Waals surface area contributed by atoms with Crippen LogP contribution in [-0.2, 0) is 17.6 Å². The number of aryl methyl sites for hydroxylation is 2. The molecule has 1 saturated heterocycles. The lowest BCUT2D eigenvalue weighted by atomic mass is 9.99. The Bertz CT molecular complexity index is 900. The molecule has 0 saturated carbocycles. The van der Waals surface area contributed by atoms with Gasteiger partial charge in [0.05, 0.1) is 12.7 Å². The fourth-order valence-electron chi connectivity index (χ4n) is 4.21. The monoisotopic (exact) mass is 460 g/mol. The molecule has 2 aromatic carbocycles. The molecule has 2 unspecified atom stereocenters. The Hall–Kier alpha value is -2.20. The first kappa shape index (κ1) is 23.9. The molecule has 0 amide bonds. The highest BCUT2D eigenvalue weighted by molar-refractivity contribution is 5.46. The quantitative estimate of drug-likeness (QED) is 0.468. The van der Waals surface area contributed by atoms with Crippen molar-refractivity contribution in [2.75, 3.05) is 6.61 Å². The van der Waals surface area contributed by atoms with Crippen molar-refractivity contribution in [3.8, 4) is 17.2 Å². The average molecular weight is 461 g/mol. The van der Waals surface area contributed by atoms with Crippen molar-refractivity contribution >= 4 is 0 Å². The molecule has 2 aromatic rings. The number of aliphatic hydroxyl groups is 5. The summed E-state index contributed by atoms with van der Waals surface area (Å²) in [6.45, 7) is -0.534. The van der Waals surface area contributed by atoms with E-state index >= 15 is 0 Å². The van der Waals surface area contributed by atoms with E-state index in [9.17, 15) is 25.5 Å². The molecule has 33 heavy (non-hydrogen) atoms. The standard InChI is InChI=1S/C25H32O8/c26-14-21-22(28)23(29)24(30)25(33-21)32-19-12-8-16-3-1-2-4-17(27)9-5-15-6-10-18(11-7-15)31-20(19)13-16/h6-8,10-13,17,21-30H,1-5,9,14H2/t17-,21?,22-,23-,24?,25+/m0/s1. The van der Waals surface area contributed by atoms with Gasteiger partial charge in [0.25, 0.3) is 0 Å². The number of hydrogen-bond acceptors (Lipinski definition) is 8. The molecule has 4 bridgehead atoms. The zero-order chi connectivity index (χ0) is 23.4. The number of benzene rings is 2. The normalized spacial score (nSPS) is 30.7. The molecule has 5 N–H and O–H groups in total. The van der Waals surface area contributed by atoms with Crippen LogP contribution in [-0.4, -0.2) is 68.9 Å². The zero-order valence-corrected chi connectivity index (χ0v) is 18.4. The summed E-state index contributed by atoms with van der Waals surface area (Å²) in [4.78, 5) is 0. The van der Waals surface area contributed by atoms with Crippen molar-refractivity contribution < 1.29 is 39.7 Å². The largest absolute Gasteiger partial charge is 0.458 e. The SMILES string of the molecule is OCC1O[C@@H](Oc2ccc3cc2Oc2ccc(cc2)CC[C@@H](O)CCCC3)C(O)[C@@H](O)[C@H]1O. The Balaban J connectivity index is 1.59. The lowest BCUT2D eigenvalue weighted by Crippen LogP contribution is -2.60. The lowest BCUT2D eigenvalue weighted by Gasteiger charge is -2.39. The number of hydrogen-bond donors (Lipinski definition) is 5. The Morgan fingerprint density at radius 2 is 1.58 bits per heavy atom. The van der Waals surface area contributed by atoms with E-state index < -0.39 is 37.3 Å². The third-order valence-electron chi connectivity index (χ3n) is 6.27. The van der Waals surface area contributed by atoms with Crippen LogP contribution in [0.3, 0.4) is 0 Å². The molecule has 0 spiro atoms. The smallest absolute Gasteiger partial charge is 0.229 e. The molecule has 3 aliphatic heterocycles. The summed E-state index contributed by atoms with van der Waals surface area (Å²) >= 11 is 0. The first-order valence-electron chi connectivity index (χ1n) is 11.5. The van der Waals surface area contributed by atoms with Gasteiger partial charge in [-0.2, -0.15) is 0 Å². The van der Waals surface area contributed by atoms with E-state index in [4.69, 9.17) is 14.2 Å². The number of ether oxygens (including phenoxy) is 3. The summed E-state index contributed by atoms with van der Waals surface area (Å²) in [7, 11) is 0. The molecule has 180 valence electrons. The minimum Gasteiger partial charge on any atom is -0.458 e. The van der Waals surface area contributed by atoms with Crippen LogP contribution >= 0.6 is 0 Å². The van der Waals surface area contributed by atoms with E-state index in [-0.39, 0.29) is 6.10 Å². The van der Waals surface area contributed by atoms with Gasteiger partial charge in [-0.15, -0.1) is 0 Å². The van der Waals surface area contributed by atoms with E-state index in [1.807, 2.05) is 36.4 Å². The van der Waals surface area contributed by atoms with Gasteiger partial charge >= 0.3 is 0 Å². The molecule has 0 radical (unpaired) electrons. The van der Waals surface area contributed by atoms with Gasteiger partial charge < -0.3 is 39.7 Å². The Morgan fingerprint density at radius 3 is 2.33 bits per heavy atom. The van der Waals surface area contributed by atoms with Crippen LogP contribution in [0, 0.1) is 0 Å². The third-order valence-corrected chi connectivity index (χ3v) is 6.27. The van der Waals surface area contributed by atoms with E-state index in [1.165, 1.54) is 0 Å². The maximum Gasteiger partial charge on any atom is 0.229 e. The fourth-order valence-corrected chi connectivity index (χ4v) is 4.21.